The Morgan fingerprint density at radius 2 is 1.73 bits per heavy atom. The fraction of sp³-hybridized carbons (Fsp3) is 0.154. The van der Waals surface area contributed by atoms with Crippen LogP contribution in [0.1, 0.15) is 18.1 Å². The lowest BCUT2D eigenvalue weighted by Crippen LogP contribution is -2.28. The monoisotopic (exact) mass is 741 g/mol. The number of nitro benzene ring substituents is 1. The van der Waals surface area contributed by atoms with Crippen molar-refractivity contribution < 1.29 is 19.2 Å². The number of benzene rings is 3. The van der Waals surface area contributed by atoms with Crippen molar-refractivity contribution in [3.63, 3.8) is 0 Å². The molecule has 0 N–H and O–H groups in total. The van der Waals surface area contributed by atoms with Crippen molar-refractivity contribution in [1.82, 2.24) is 4.90 Å². The van der Waals surface area contributed by atoms with Crippen LogP contribution in [-0.2, 0) is 11.4 Å². The zero-order valence-electron chi connectivity index (χ0n) is 19.8. The largest absolute Gasteiger partial charge is 0.497 e. The third-order valence-corrected chi connectivity index (χ3v) is 7.96. The highest BCUT2D eigenvalue weighted by molar-refractivity contribution is 14.1. The van der Waals surface area contributed by atoms with Crippen LogP contribution in [0.4, 0.5) is 11.4 Å². The van der Waals surface area contributed by atoms with Crippen molar-refractivity contribution in [2.75, 3.05) is 13.7 Å². The molecule has 0 aliphatic carbocycles. The number of aliphatic imine (C=N–C) groups is 1. The summed E-state index contributed by atoms with van der Waals surface area (Å²) in [5.41, 5.74) is 2.51. The Bertz CT molecular complexity index is 1370. The number of nitro groups is 1. The maximum absolute atomic E-state index is 13.1. The molecule has 37 heavy (non-hydrogen) atoms. The fourth-order valence-electron chi connectivity index (χ4n) is 3.46. The first-order chi connectivity index (χ1) is 17.8. The van der Waals surface area contributed by atoms with E-state index in [2.05, 4.69) is 50.2 Å². The van der Waals surface area contributed by atoms with Gasteiger partial charge in [0.1, 0.15) is 18.1 Å². The lowest BCUT2D eigenvalue weighted by molar-refractivity contribution is -0.384. The average molecular weight is 741 g/mol. The van der Waals surface area contributed by atoms with Crippen molar-refractivity contribution in [2.24, 2.45) is 4.99 Å². The Kier molecular flexibility index (Phi) is 9.08. The van der Waals surface area contributed by atoms with E-state index in [1.54, 1.807) is 24.1 Å². The highest BCUT2D eigenvalue weighted by Gasteiger charge is 2.32. The van der Waals surface area contributed by atoms with Crippen molar-refractivity contribution in [3.8, 4) is 11.5 Å². The number of halogens is 2. The summed E-state index contributed by atoms with van der Waals surface area (Å²) in [5.74, 6) is 1.39. The molecule has 0 spiro atoms. The Hall–Kier alpha value is -2.65. The van der Waals surface area contributed by atoms with Crippen LogP contribution in [0.2, 0.25) is 0 Å². The Morgan fingerprint density at radius 3 is 2.30 bits per heavy atom. The van der Waals surface area contributed by atoms with Crippen molar-refractivity contribution in [2.45, 2.75) is 13.5 Å². The number of amidine groups is 1. The first-order valence-corrected chi connectivity index (χ1v) is 14.1. The first-order valence-electron chi connectivity index (χ1n) is 11.1. The molecule has 0 radical (unpaired) electrons. The third-order valence-electron chi connectivity index (χ3n) is 5.35. The number of nitrogens with zero attached hydrogens (tertiary/aromatic N) is 3. The van der Waals surface area contributed by atoms with E-state index in [0.717, 1.165) is 35.5 Å². The number of carbonyl (C=O) groups excluding carboxylic acids is 1. The first kappa shape index (κ1) is 27.4. The summed E-state index contributed by atoms with van der Waals surface area (Å²) < 4.78 is 13.0. The Morgan fingerprint density at radius 1 is 1.08 bits per heavy atom. The molecule has 1 aliphatic rings. The topological polar surface area (TPSA) is 94.3 Å². The SMILES string of the molecule is CCN1C(=O)/C(=C/c2cc(I)c(OCc3ccc([N+](=O)[O-])cc3)c(I)c2)SC1=Nc1ccc(OC)cc1. The van der Waals surface area contributed by atoms with E-state index in [0.29, 0.717) is 16.6 Å². The summed E-state index contributed by atoms with van der Waals surface area (Å²) in [6.45, 7) is 2.73. The van der Waals surface area contributed by atoms with Gasteiger partial charge in [-0.05, 0) is 130 Å². The second-order valence-electron chi connectivity index (χ2n) is 7.78. The van der Waals surface area contributed by atoms with Crippen LogP contribution in [0.5, 0.6) is 11.5 Å². The molecule has 3 aromatic carbocycles. The molecule has 1 amide bonds. The van der Waals surface area contributed by atoms with Gasteiger partial charge in [0.25, 0.3) is 11.6 Å². The van der Waals surface area contributed by atoms with Crippen LogP contribution < -0.4 is 9.47 Å². The van der Waals surface area contributed by atoms with Gasteiger partial charge in [-0.25, -0.2) is 4.99 Å². The Balaban J connectivity index is 1.52. The lowest BCUT2D eigenvalue weighted by atomic mass is 10.2. The molecule has 8 nitrogen and oxygen atoms in total. The normalized spacial score (nSPS) is 15.5. The second kappa shape index (κ2) is 12.3. The predicted molar refractivity (Wildman–Crippen MR) is 162 cm³/mol. The van der Waals surface area contributed by atoms with Crippen LogP contribution in [-0.4, -0.2) is 34.6 Å². The highest BCUT2D eigenvalue weighted by Crippen LogP contribution is 2.36. The Labute approximate surface area is 245 Å². The summed E-state index contributed by atoms with van der Waals surface area (Å²) in [4.78, 5) is 30.4. The minimum Gasteiger partial charge on any atom is -0.497 e. The van der Waals surface area contributed by atoms with Crippen LogP contribution in [0.3, 0.4) is 0 Å². The van der Waals surface area contributed by atoms with Gasteiger partial charge in [0, 0.05) is 18.7 Å². The molecular formula is C26H21I2N3O5S. The number of hydrogen-bond acceptors (Lipinski definition) is 7. The number of carbonyl (C=O) groups is 1. The molecule has 11 heteroatoms. The third kappa shape index (κ3) is 6.62. The number of ether oxygens (including phenoxy) is 2. The van der Waals surface area contributed by atoms with E-state index >= 15 is 0 Å². The van der Waals surface area contributed by atoms with Gasteiger partial charge in [-0.1, -0.05) is 0 Å². The molecule has 1 aliphatic heterocycles. The molecule has 190 valence electrons. The van der Waals surface area contributed by atoms with Crippen LogP contribution in [0.15, 0.2) is 70.6 Å². The number of non-ortho nitro benzene ring substituents is 1. The predicted octanol–water partition coefficient (Wildman–Crippen LogP) is 7.02. The van der Waals surface area contributed by atoms with E-state index in [1.807, 2.05) is 49.4 Å². The van der Waals surface area contributed by atoms with Crippen LogP contribution >= 0.6 is 56.9 Å². The fourth-order valence-corrected chi connectivity index (χ4v) is 6.65. The number of methoxy groups -OCH3 is 1. The van der Waals surface area contributed by atoms with Gasteiger partial charge < -0.3 is 9.47 Å². The number of amides is 1. The number of likely N-dealkylation sites (N-methyl/N-ethyl adjacent to an activating group) is 1. The zero-order chi connectivity index (χ0) is 26.5. The molecular weight excluding hydrogens is 720 g/mol. The molecule has 3 aromatic rings. The van der Waals surface area contributed by atoms with Gasteiger partial charge in [0.2, 0.25) is 0 Å². The quantitative estimate of drug-likeness (QED) is 0.107. The summed E-state index contributed by atoms with van der Waals surface area (Å²) in [6, 6.07) is 17.6. The molecule has 0 saturated carbocycles. The van der Waals surface area contributed by atoms with Gasteiger partial charge in [0.15, 0.2) is 5.17 Å². The molecule has 1 heterocycles. The molecule has 1 fully saturated rings. The van der Waals surface area contributed by atoms with Gasteiger partial charge in [0.05, 0.1) is 29.8 Å². The van der Waals surface area contributed by atoms with Crippen molar-refractivity contribution in [1.29, 1.82) is 0 Å². The van der Waals surface area contributed by atoms with E-state index in [1.165, 1.54) is 23.9 Å². The lowest BCUT2D eigenvalue weighted by Gasteiger charge is -2.12. The standard InChI is InChI=1S/C26H21I2N3O5S/c1-3-30-25(32)23(37-26(30)29-18-6-10-20(35-2)11-7-18)14-17-12-21(27)24(22(28)13-17)36-15-16-4-8-19(9-5-16)31(33)34/h4-14H,3,15H2,1-2H3/b23-14-,29-26?. The molecule has 0 unspecified atom stereocenters. The van der Waals surface area contributed by atoms with E-state index in [4.69, 9.17) is 9.47 Å². The van der Waals surface area contributed by atoms with E-state index < -0.39 is 4.92 Å². The number of rotatable bonds is 8. The number of thioether (sulfide) groups is 1. The van der Waals surface area contributed by atoms with Crippen molar-refractivity contribution in [3.05, 3.63) is 94.0 Å². The second-order valence-corrected chi connectivity index (χ2v) is 11.1. The molecule has 0 aromatic heterocycles. The van der Waals surface area contributed by atoms with Gasteiger partial charge >= 0.3 is 0 Å². The summed E-state index contributed by atoms with van der Waals surface area (Å²) >= 11 is 5.77. The molecule has 0 bridgehead atoms. The zero-order valence-corrected chi connectivity index (χ0v) is 24.9. The van der Waals surface area contributed by atoms with Crippen LogP contribution in [0.25, 0.3) is 6.08 Å². The van der Waals surface area contributed by atoms with E-state index in [-0.39, 0.29) is 18.2 Å². The maximum Gasteiger partial charge on any atom is 0.269 e. The molecule has 4 rings (SSSR count). The maximum atomic E-state index is 13.1. The molecule has 0 atom stereocenters. The smallest absolute Gasteiger partial charge is 0.269 e. The van der Waals surface area contributed by atoms with Gasteiger partial charge in [-0.15, -0.1) is 0 Å². The number of hydrogen-bond donors (Lipinski definition) is 0. The average Bonchev–Trinajstić information content (AvgIpc) is 3.17. The van der Waals surface area contributed by atoms with E-state index in [9.17, 15) is 14.9 Å². The summed E-state index contributed by atoms with van der Waals surface area (Å²) in [6.07, 6.45) is 1.87. The summed E-state index contributed by atoms with van der Waals surface area (Å²) in [5, 5.41) is 11.5. The van der Waals surface area contributed by atoms with Gasteiger partial charge in [-0.3, -0.25) is 19.8 Å². The minimum absolute atomic E-state index is 0.0449. The summed E-state index contributed by atoms with van der Waals surface area (Å²) in [7, 11) is 1.61. The van der Waals surface area contributed by atoms with Crippen LogP contribution in [0, 0.1) is 17.3 Å². The van der Waals surface area contributed by atoms with Crippen molar-refractivity contribution >= 4 is 85.5 Å². The van der Waals surface area contributed by atoms with Gasteiger partial charge in [-0.2, -0.15) is 0 Å². The highest BCUT2D eigenvalue weighted by atomic mass is 127. The molecule has 1 saturated heterocycles. The minimum atomic E-state index is -0.426.